The van der Waals surface area contributed by atoms with Crippen LogP contribution in [0.4, 0.5) is 4.39 Å². The Balaban J connectivity index is 1.27. The molecule has 2 aliphatic rings. The standard InChI is InChI=1S/C28H31FN2O2S/c1-30(28(32)27-7-4-16-34-27)25(18-22-5-2-3-6-24(22)29)21-10-13-31(14-11-21)19-20-8-9-26-23(17-20)12-15-33-26/h2-9,16-17,21,25H,10-15,18-19H2,1H3/t25-/m0/s1. The average molecular weight is 479 g/mol. The SMILES string of the molecule is CN(C(=O)c1cccs1)[C@@H](Cc1ccccc1F)C1CCN(Cc2ccc3c(c2)CCO3)CC1. The lowest BCUT2D eigenvalue weighted by Crippen LogP contribution is -2.47. The predicted octanol–water partition coefficient (Wildman–Crippen LogP) is 5.42. The van der Waals surface area contributed by atoms with Crippen LogP contribution in [0.3, 0.4) is 0 Å². The highest BCUT2D eigenvalue weighted by molar-refractivity contribution is 7.12. The summed E-state index contributed by atoms with van der Waals surface area (Å²) in [5.41, 5.74) is 3.32. The van der Waals surface area contributed by atoms with Crippen molar-refractivity contribution < 1.29 is 13.9 Å². The van der Waals surface area contributed by atoms with Crippen molar-refractivity contribution in [3.05, 3.63) is 87.4 Å². The zero-order chi connectivity index (χ0) is 23.5. The summed E-state index contributed by atoms with van der Waals surface area (Å²) < 4.78 is 20.2. The lowest BCUT2D eigenvalue weighted by molar-refractivity contribution is 0.0588. The van der Waals surface area contributed by atoms with Crippen molar-refractivity contribution in [3.63, 3.8) is 0 Å². The van der Waals surface area contributed by atoms with E-state index in [1.54, 1.807) is 6.07 Å². The van der Waals surface area contributed by atoms with Crippen LogP contribution in [0.25, 0.3) is 0 Å². The third-order valence-electron chi connectivity index (χ3n) is 7.27. The lowest BCUT2D eigenvalue weighted by atomic mass is 9.84. The number of carbonyl (C=O) groups excluding carboxylic acids is 1. The van der Waals surface area contributed by atoms with E-state index >= 15 is 0 Å². The van der Waals surface area contributed by atoms with Crippen molar-refractivity contribution >= 4 is 17.2 Å². The Morgan fingerprint density at radius 1 is 1.18 bits per heavy atom. The molecule has 0 radical (unpaired) electrons. The van der Waals surface area contributed by atoms with Gasteiger partial charge in [-0.25, -0.2) is 4.39 Å². The Morgan fingerprint density at radius 2 is 2.00 bits per heavy atom. The van der Waals surface area contributed by atoms with Gasteiger partial charge in [-0.2, -0.15) is 0 Å². The highest BCUT2D eigenvalue weighted by Gasteiger charge is 2.33. The zero-order valence-corrected chi connectivity index (χ0v) is 20.4. The second kappa shape index (κ2) is 10.3. The van der Waals surface area contributed by atoms with Gasteiger partial charge >= 0.3 is 0 Å². The Bertz CT molecular complexity index is 1130. The molecule has 4 nitrogen and oxygen atoms in total. The van der Waals surface area contributed by atoms with E-state index in [-0.39, 0.29) is 17.8 Å². The van der Waals surface area contributed by atoms with Crippen molar-refractivity contribution in [3.8, 4) is 5.75 Å². The number of fused-ring (bicyclic) bond motifs is 1. The van der Waals surface area contributed by atoms with Gasteiger partial charge in [0, 0.05) is 26.1 Å². The summed E-state index contributed by atoms with van der Waals surface area (Å²) in [5.74, 6) is 1.19. The minimum absolute atomic E-state index is 0.0270. The summed E-state index contributed by atoms with van der Waals surface area (Å²) >= 11 is 1.46. The van der Waals surface area contributed by atoms with Gasteiger partial charge in [0.25, 0.3) is 5.91 Å². The number of thiophene rings is 1. The fourth-order valence-corrected chi connectivity index (χ4v) is 6.03. The van der Waals surface area contributed by atoms with E-state index in [0.717, 1.165) is 56.1 Å². The van der Waals surface area contributed by atoms with E-state index in [1.165, 1.54) is 28.5 Å². The molecule has 1 amide bonds. The van der Waals surface area contributed by atoms with Gasteiger partial charge < -0.3 is 9.64 Å². The molecule has 3 aromatic rings. The van der Waals surface area contributed by atoms with Crippen LogP contribution in [0.5, 0.6) is 5.75 Å². The molecule has 1 saturated heterocycles. The summed E-state index contributed by atoms with van der Waals surface area (Å²) in [6.07, 6.45) is 3.52. The normalized spacial score (nSPS) is 17.2. The smallest absolute Gasteiger partial charge is 0.263 e. The number of ether oxygens (including phenoxy) is 1. The molecule has 1 atom stereocenters. The zero-order valence-electron chi connectivity index (χ0n) is 19.6. The summed E-state index contributed by atoms with van der Waals surface area (Å²) in [6.45, 7) is 3.67. The summed E-state index contributed by atoms with van der Waals surface area (Å²) in [4.78, 5) is 18.3. The van der Waals surface area contributed by atoms with Crippen LogP contribution in [0.1, 0.15) is 39.2 Å². The van der Waals surface area contributed by atoms with Gasteiger partial charge in [0.1, 0.15) is 11.6 Å². The predicted molar refractivity (Wildman–Crippen MR) is 134 cm³/mol. The Labute approximate surface area is 205 Å². The number of carbonyl (C=O) groups is 1. The fourth-order valence-electron chi connectivity index (χ4n) is 5.33. The number of halogens is 1. The first-order valence-corrected chi connectivity index (χ1v) is 13.0. The number of likely N-dealkylation sites (N-methyl/N-ethyl adjacent to an activating group) is 1. The quantitative estimate of drug-likeness (QED) is 0.455. The molecule has 0 bridgehead atoms. The Kier molecular flexibility index (Phi) is 6.97. The molecule has 3 heterocycles. The number of amides is 1. The van der Waals surface area contributed by atoms with Gasteiger partial charge in [0.2, 0.25) is 0 Å². The molecule has 5 rings (SSSR count). The summed E-state index contributed by atoms with van der Waals surface area (Å²) in [7, 11) is 1.88. The molecule has 0 unspecified atom stereocenters. The summed E-state index contributed by atoms with van der Waals surface area (Å²) in [5, 5.41) is 1.93. The topological polar surface area (TPSA) is 32.8 Å². The maximum Gasteiger partial charge on any atom is 0.263 e. The molecule has 2 aromatic carbocycles. The number of nitrogens with zero attached hydrogens (tertiary/aromatic N) is 2. The number of rotatable bonds is 7. The minimum atomic E-state index is -0.192. The van der Waals surface area contributed by atoms with Crippen molar-refractivity contribution in [1.29, 1.82) is 0 Å². The minimum Gasteiger partial charge on any atom is -0.493 e. The van der Waals surface area contributed by atoms with Crippen molar-refractivity contribution in [1.82, 2.24) is 9.80 Å². The first kappa shape index (κ1) is 23.1. The molecule has 2 aliphatic heterocycles. The van der Waals surface area contributed by atoms with E-state index in [9.17, 15) is 9.18 Å². The highest BCUT2D eigenvalue weighted by Crippen LogP contribution is 2.30. The maximum absolute atomic E-state index is 14.5. The van der Waals surface area contributed by atoms with Crippen LogP contribution < -0.4 is 4.74 Å². The second-order valence-corrected chi connectivity index (χ2v) is 10.4. The van der Waals surface area contributed by atoms with Gasteiger partial charge in [0.15, 0.2) is 0 Å². The molecule has 0 spiro atoms. The number of hydrogen-bond acceptors (Lipinski definition) is 4. The highest BCUT2D eigenvalue weighted by atomic mass is 32.1. The lowest BCUT2D eigenvalue weighted by Gasteiger charge is -2.40. The third kappa shape index (κ3) is 5.03. The monoisotopic (exact) mass is 478 g/mol. The third-order valence-corrected chi connectivity index (χ3v) is 8.13. The number of likely N-dealkylation sites (tertiary alicyclic amines) is 1. The molecule has 6 heteroatoms. The molecular formula is C28H31FN2O2S. The maximum atomic E-state index is 14.5. The largest absolute Gasteiger partial charge is 0.493 e. The van der Waals surface area contributed by atoms with Gasteiger partial charge in [-0.1, -0.05) is 36.4 Å². The van der Waals surface area contributed by atoms with Crippen LogP contribution >= 0.6 is 11.3 Å². The van der Waals surface area contributed by atoms with Crippen LogP contribution in [-0.2, 0) is 19.4 Å². The van der Waals surface area contributed by atoms with Gasteiger partial charge in [0.05, 0.1) is 11.5 Å². The summed E-state index contributed by atoms with van der Waals surface area (Å²) in [6, 6.07) is 17.2. The molecule has 0 saturated carbocycles. The van der Waals surface area contributed by atoms with E-state index in [0.29, 0.717) is 17.9 Å². The Hall–Kier alpha value is -2.70. The Morgan fingerprint density at radius 3 is 2.76 bits per heavy atom. The number of piperidine rings is 1. The molecule has 178 valence electrons. The van der Waals surface area contributed by atoms with E-state index < -0.39 is 0 Å². The molecule has 1 fully saturated rings. The van der Waals surface area contributed by atoms with Crippen LogP contribution in [0.2, 0.25) is 0 Å². The van der Waals surface area contributed by atoms with E-state index in [4.69, 9.17) is 4.74 Å². The average Bonchev–Trinajstić information content (AvgIpc) is 3.55. The molecule has 1 aromatic heterocycles. The number of hydrogen-bond donors (Lipinski definition) is 0. The second-order valence-electron chi connectivity index (χ2n) is 9.41. The van der Waals surface area contributed by atoms with Crippen LogP contribution in [0, 0.1) is 11.7 Å². The van der Waals surface area contributed by atoms with Crippen molar-refractivity contribution in [2.45, 2.75) is 38.3 Å². The fraction of sp³-hybridized carbons (Fsp3) is 0.393. The molecule has 0 N–H and O–H groups in total. The van der Waals surface area contributed by atoms with Gasteiger partial charge in [-0.15, -0.1) is 11.3 Å². The molecule has 0 aliphatic carbocycles. The van der Waals surface area contributed by atoms with E-state index in [2.05, 4.69) is 23.1 Å². The van der Waals surface area contributed by atoms with Crippen molar-refractivity contribution in [2.24, 2.45) is 5.92 Å². The van der Waals surface area contributed by atoms with Crippen LogP contribution in [-0.4, -0.2) is 48.5 Å². The van der Waals surface area contributed by atoms with Crippen LogP contribution in [0.15, 0.2) is 60.0 Å². The van der Waals surface area contributed by atoms with Crippen molar-refractivity contribution in [2.75, 3.05) is 26.7 Å². The van der Waals surface area contributed by atoms with Gasteiger partial charge in [-0.3, -0.25) is 9.69 Å². The first-order valence-electron chi connectivity index (χ1n) is 12.1. The molecular weight excluding hydrogens is 447 g/mol. The van der Waals surface area contributed by atoms with Gasteiger partial charge in [-0.05, 0) is 78.5 Å². The number of benzene rings is 2. The first-order chi connectivity index (χ1) is 16.6. The molecule has 34 heavy (non-hydrogen) atoms. The van der Waals surface area contributed by atoms with E-state index in [1.807, 2.05) is 41.6 Å².